The first-order valence-electron chi connectivity index (χ1n) is 3.89. The number of hydrogen-bond donors (Lipinski definition) is 2. The Hall–Kier alpha value is -0.620. The Bertz CT molecular complexity index is 270. The molecule has 0 fully saturated rings. The molecule has 0 aliphatic heterocycles. The molecule has 0 aromatic rings. The highest BCUT2D eigenvalue weighted by Crippen LogP contribution is 1.97. The Morgan fingerprint density at radius 3 is 2.23 bits per heavy atom. The van der Waals surface area contributed by atoms with Crippen LogP contribution in [-0.4, -0.2) is 43.6 Å². The summed E-state index contributed by atoms with van der Waals surface area (Å²) in [6.45, 7) is 2.89. The van der Waals surface area contributed by atoms with E-state index in [1.54, 1.807) is 0 Å². The molecule has 0 bridgehead atoms. The Kier molecular flexibility index (Phi) is 4.35. The number of carbonyl (C=O) groups is 1. The first kappa shape index (κ1) is 12.4. The monoisotopic (exact) mass is 209 g/mol. The molecule has 1 unspecified atom stereocenters. The van der Waals surface area contributed by atoms with E-state index in [-0.39, 0.29) is 6.54 Å². The SMILES string of the molecule is CC(C(=O)NC[C@H](C)O)S(C)(=O)=O. The number of sulfone groups is 1. The van der Waals surface area contributed by atoms with E-state index in [0.717, 1.165) is 6.26 Å². The molecule has 0 rings (SSSR count). The summed E-state index contributed by atoms with van der Waals surface area (Å²) in [6, 6.07) is 0. The van der Waals surface area contributed by atoms with Crippen LogP contribution >= 0.6 is 0 Å². The van der Waals surface area contributed by atoms with Gasteiger partial charge >= 0.3 is 0 Å². The van der Waals surface area contributed by atoms with Crippen LogP contribution in [-0.2, 0) is 14.6 Å². The summed E-state index contributed by atoms with van der Waals surface area (Å²) in [5.74, 6) is -0.580. The van der Waals surface area contributed by atoms with Crippen LogP contribution in [0.4, 0.5) is 0 Å². The molecule has 0 aliphatic carbocycles. The molecule has 2 N–H and O–H groups in total. The van der Waals surface area contributed by atoms with Gasteiger partial charge in [0.2, 0.25) is 5.91 Å². The quantitative estimate of drug-likeness (QED) is 0.616. The average Bonchev–Trinajstić information content (AvgIpc) is 1.96. The first-order chi connectivity index (χ1) is 5.75. The van der Waals surface area contributed by atoms with Crippen molar-refractivity contribution < 1.29 is 18.3 Å². The lowest BCUT2D eigenvalue weighted by molar-refractivity contribution is -0.120. The summed E-state index contributed by atoms with van der Waals surface area (Å²) in [5, 5.41) is 10.1. The molecule has 0 saturated carbocycles. The number of hydrogen-bond acceptors (Lipinski definition) is 4. The molecule has 0 heterocycles. The molecule has 13 heavy (non-hydrogen) atoms. The van der Waals surface area contributed by atoms with Gasteiger partial charge in [0.15, 0.2) is 9.84 Å². The minimum Gasteiger partial charge on any atom is -0.392 e. The Balaban J connectivity index is 4.14. The maximum absolute atomic E-state index is 11.1. The van der Waals surface area contributed by atoms with Crippen LogP contribution in [0, 0.1) is 0 Å². The smallest absolute Gasteiger partial charge is 0.238 e. The molecule has 5 nitrogen and oxygen atoms in total. The molecule has 6 heteroatoms. The molecule has 78 valence electrons. The normalized spacial score (nSPS) is 16.3. The summed E-state index contributed by atoms with van der Waals surface area (Å²) in [7, 11) is -3.34. The lowest BCUT2D eigenvalue weighted by atomic mass is 10.4. The van der Waals surface area contributed by atoms with Gasteiger partial charge in [-0.3, -0.25) is 4.79 Å². The maximum atomic E-state index is 11.1. The van der Waals surface area contributed by atoms with E-state index in [1.165, 1.54) is 13.8 Å². The van der Waals surface area contributed by atoms with E-state index in [4.69, 9.17) is 5.11 Å². The van der Waals surface area contributed by atoms with Crippen molar-refractivity contribution >= 4 is 15.7 Å². The molecule has 0 saturated heterocycles. The average molecular weight is 209 g/mol. The predicted octanol–water partition coefficient (Wildman–Crippen LogP) is -1.08. The summed E-state index contributed by atoms with van der Waals surface area (Å²) in [6.07, 6.45) is 0.329. The summed E-state index contributed by atoms with van der Waals surface area (Å²) in [4.78, 5) is 11.1. The van der Waals surface area contributed by atoms with Crippen molar-refractivity contribution in [3.05, 3.63) is 0 Å². The van der Waals surface area contributed by atoms with E-state index < -0.39 is 27.1 Å². The molecule has 0 spiro atoms. The minimum atomic E-state index is -3.34. The fourth-order valence-corrected chi connectivity index (χ4v) is 1.06. The highest BCUT2D eigenvalue weighted by atomic mass is 32.2. The third-order valence-corrected chi connectivity index (χ3v) is 3.08. The second-order valence-corrected chi connectivity index (χ2v) is 5.43. The number of amides is 1. The van der Waals surface area contributed by atoms with Gasteiger partial charge in [-0.25, -0.2) is 8.42 Å². The van der Waals surface area contributed by atoms with Crippen molar-refractivity contribution in [3.63, 3.8) is 0 Å². The molecular weight excluding hydrogens is 194 g/mol. The van der Waals surface area contributed by atoms with Crippen LogP contribution in [0.5, 0.6) is 0 Å². The van der Waals surface area contributed by atoms with E-state index in [2.05, 4.69) is 5.32 Å². The van der Waals surface area contributed by atoms with Crippen molar-refractivity contribution in [1.29, 1.82) is 0 Å². The van der Waals surface area contributed by atoms with Crippen molar-refractivity contribution in [2.24, 2.45) is 0 Å². The lowest BCUT2D eigenvalue weighted by Crippen LogP contribution is -2.40. The third kappa shape index (κ3) is 4.84. The van der Waals surface area contributed by atoms with Gasteiger partial charge in [0.25, 0.3) is 0 Å². The number of carbonyl (C=O) groups excluding carboxylic acids is 1. The van der Waals surface area contributed by atoms with Gasteiger partial charge < -0.3 is 10.4 Å². The van der Waals surface area contributed by atoms with Crippen molar-refractivity contribution in [3.8, 4) is 0 Å². The minimum absolute atomic E-state index is 0.0681. The number of aliphatic hydroxyl groups excluding tert-OH is 1. The topological polar surface area (TPSA) is 83.5 Å². The molecule has 0 radical (unpaired) electrons. The zero-order valence-electron chi connectivity index (χ0n) is 7.94. The third-order valence-electron chi connectivity index (χ3n) is 1.58. The lowest BCUT2D eigenvalue weighted by Gasteiger charge is -2.11. The summed E-state index contributed by atoms with van der Waals surface area (Å²) >= 11 is 0. The number of rotatable bonds is 4. The van der Waals surface area contributed by atoms with Crippen molar-refractivity contribution in [2.45, 2.75) is 25.2 Å². The number of aliphatic hydroxyl groups is 1. The van der Waals surface area contributed by atoms with Gasteiger partial charge in [0.1, 0.15) is 5.25 Å². The van der Waals surface area contributed by atoms with Crippen LogP contribution in [0.3, 0.4) is 0 Å². The van der Waals surface area contributed by atoms with Gasteiger partial charge in [0, 0.05) is 12.8 Å². The maximum Gasteiger partial charge on any atom is 0.238 e. The van der Waals surface area contributed by atoms with Crippen LogP contribution in [0.2, 0.25) is 0 Å². The van der Waals surface area contributed by atoms with Gasteiger partial charge in [0.05, 0.1) is 6.10 Å². The fraction of sp³-hybridized carbons (Fsp3) is 0.857. The Morgan fingerprint density at radius 2 is 1.92 bits per heavy atom. The first-order valence-corrected chi connectivity index (χ1v) is 5.85. The summed E-state index contributed by atoms with van der Waals surface area (Å²) in [5.41, 5.74) is 0. The second-order valence-electron chi connectivity index (χ2n) is 3.07. The standard InChI is InChI=1S/C7H15NO4S/c1-5(9)4-8-7(10)6(2)13(3,11)12/h5-6,9H,4H2,1-3H3,(H,8,10)/t5-,6?/m0/s1. The van der Waals surface area contributed by atoms with Gasteiger partial charge in [-0.2, -0.15) is 0 Å². The van der Waals surface area contributed by atoms with Gasteiger partial charge in [-0.15, -0.1) is 0 Å². The second kappa shape index (κ2) is 4.57. The zero-order valence-corrected chi connectivity index (χ0v) is 8.76. The summed E-state index contributed by atoms with van der Waals surface area (Å²) < 4.78 is 21.8. The van der Waals surface area contributed by atoms with Crippen LogP contribution in [0.1, 0.15) is 13.8 Å². The van der Waals surface area contributed by atoms with Gasteiger partial charge in [-0.1, -0.05) is 0 Å². The Morgan fingerprint density at radius 1 is 1.46 bits per heavy atom. The molecular formula is C7H15NO4S. The molecule has 1 amide bonds. The van der Waals surface area contributed by atoms with Crippen LogP contribution < -0.4 is 5.32 Å². The highest BCUT2D eigenvalue weighted by molar-refractivity contribution is 7.92. The largest absolute Gasteiger partial charge is 0.392 e. The van der Waals surface area contributed by atoms with Crippen molar-refractivity contribution in [2.75, 3.05) is 12.8 Å². The molecule has 0 aliphatic rings. The van der Waals surface area contributed by atoms with E-state index in [1.807, 2.05) is 0 Å². The van der Waals surface area contributed by atoms with Crippen LogP contribution in [0.25, 0.3) is 0 Å². The predicted molar refractivity (Wildman–Crippen MR) is 49.0 cm³/mol. The van der Waals surface area contributed by atoms with Gasteiger partial charge in [-0.05, 0) is 13.8 Å². The molecule has 0 aromatic carbocycles. The zero-order chi connectivity index (χ0) is 10.6. The fourth-order valence-electron chi connectivity index (χ4n) is 0.586. The highest BCUT2D eigenvalue weighted by Gasteiger charge is 2.23. The van der Waals surface area contributed by atoms with E-state index in [9.17, 15) is 13.2 Å². The van der Waals surface area contributed by atoms with E-state index in [0.29, 0.717) is 0 Å². The van der Waals surface area contributed by atoms with Crippen molar-refractivity contribution in [1.82, 2.24) is 5.32 Å². The molecule has 0 aromatic heterocycles. The Labute approximate surface area is 78.1 Å². The van der Waals surface area contributed by atoms with E-state index >= 15 is 0 Å². The number of nitrogens with one attached hydrogen (secondary N) is 1. The van der Waals surface area contributed by atoms with Crippen LogP contribution in [0.15, 0.2) is 0 Å². The molecule has 2 atom stereocenters.